The normalized spacial score (nSPS) is 17.5. The van der Waals surface area contributed by atoms with Crippen LogP contribution >= 0.6 is 0 Å². The Bertz CT molecular complexity index is 471. The third kappa shape index (κ3) is 2.16. The highest BCUT2D eigenvalue weighted by Crippen LogP contribution is 2.48. The molecule has 0 aromatic heterocycles. The van der Waals surface area contributed by atoms with Crippen LogP contribution in [0.25, 0.3) is 0 Å². The number of methoxy groups -OCH3 is 2. The number of halogens is 2. The summed E-state index contributed by atoms with van der Waals surface area (Å²) in [6.07, 6.45) is 3.54. The molecule has 0 atom stereocenters. The van der Waals surface area contributed by atoms with Gasteiger partial charge in [0.05, 0.1) is 14.2 Å². The van der Waals surface area contributed by atoms with Gasteiger partial charge in [-0.05, 0) is 12.8 Å². The van der Waals surface area contributed by atoms with E-state index >= 15 is 0 Å². The fraction of sp³-hybridized carbons (Fsp3) is 0.571. The Hall–Kier alpha value is -1.36. The molecule has 2 N–H and O–H groups in total. The van der Waals surface area contributed by atoms with Crippen LogP contribution in [0.4, 0.5) is 8.78 Å². The van der Waals surface area contributed by atoms with Gasteiger partial charge >= 0.3 is 0 Å². The van der Waals surface area contributed by atoms with Crippen molar-refractivity contribution in [3.8, 4) is 11.5 Å². The van der Waals surface area contributed by atoms with E-state index < -0.39 is 17.0 Å². The highest BCUT2D eigenvalue weighted by Gasteiger charge is 2.40. The second-order valence-electron chi connectivity index (χ2n) is 4.97. The molecule has 5 heteroatoms. The van der Waals surface area contributed by atoms with Gasteiger partial charge < -0.3 is 15.2 Å². The van der Waals surface area contributed by atoms with Crippen LogP contribution in [0.5, 0.6) is 11.5 Å². The van der Waals surface area contributed by atoms with Crippen molar-refractivity contribution in [1.29, 1.82) is 0 Å². The fourth-order valence-electron chi connectivity index (χ4n) is 3.07. The van der Waals surface area contributed by atoms with Crippen LogP contribution in [0.3, 0.4) is 0 Å². The zero-order valence-corrected chi connectivity index (χ0v) is 11.3. The Kier molecular flexibility index (Phi) is 3.94. The molecule has 1 aromatic rings. The van der Waals surface area contributed by atoms with E-state index in [0.29, 0.717) is 12.1 Å². The van der Waals surface area contributed by atoms with Crippen LogP contribution in [0, 0.1) is 11.6 Å². The minimum Gasteiger partial charge on any atom is -0.492 e. The Morgan fingerprint density at radius 2 is 1.68 bits per heavy atom. The maximum Gasteiger partial charge on any atom is 0.197 e. The Balaban J connectivity index is 2.67. The van der Waals surface area contributed by atoms with Gasteiger partial charge in [0.2, 0.25) is 0 Å². The van der Waals surface area contributed by atoms with Crippen LogP contribution in [0.15, 0.2) is 6.07 Å². The van der Waals surface area contributed by atoms with Crippen LogP contribution in [-0.2, 0) is 5.41 Å². The number of hydrogen-bond acceptors (Lipinski definition) is 3. The predicted octanol–water partition coefficient (Wildman–Crippen LogP) is 2.75. The molecule has 1 fully saturated rings. The molecule has 106 valence electrons. The molecule has 0 saturated heterocycles. The number of hydrogen-bond donors (Lipinski definition) is 1. The molecule has 1 saturated carbocycles. The van der Waals surface area contributed by atoms with Gasteiger partial charge in [0, 0.05) is 23.6 Å². The first-order chi connectivity index (χ1) is 9.09. The van der Waals surface area contributed by atoms with E-state index in [1.807, 2.05) is 0 Å². The highest BCUT2D eigenvalue weighted by atomic mass is 19.1. The minimum absolute atomic E-state index is 0.0568. The number of nitrogens with two attached hydrogens (primary N) is 1. The molecule has 0 unspecified atom stereocenters. The number of rotatable bonds is 4. The molecule has 19 heavy (non-hydrogen) atoms. The molecule has 0 heterocycles. The van der Waals surface area contributed by atoms with E-state index in [-0.39, 0.29) is 11.5 Å². The third-order valence-electron chi connectivity index (χ3n) is 4.03. The molecule has 0 spiro atoms. The summed E-state index contributed by atoms with van der Waals surface area (Å²) >= 11 is 0. The Labute approximate surface area is 111 Å². The quantitative estimate of drug-likeness (QED) is 0.915. The molecule has 0 bridgehead atoms. The first-order valence-corrected chi connectivity index (χ1v) is 6.40. The van der Waals surface area contributed by atoms with Crippen LogP contribution in [-0.4, -0.2) is 20.8 Å². The highest BCUT2D eigenvalue weighted by molar-refractivity contribution is 5.52. The summed E-state index contributed by atoms with van der Waals surface area (Å²) in [6.45, 7) is 0.315. The van der Waals surface area contributed by atoms with Gasteiger partial charge in [0.25, 0.3) is 0 Å². The van der Waals surface area contributed by atoms with Crippen molar-refractivity contribution in [3.05, 3.63) is 23.3 Å². The predicted molar refractivity (Wildman–Crippen MR) is 68.7 cm³/mol. The van der Waals surface area contributed by atoms with Crippen molar-refractivity contribution in [3.63, 3.8) is 0 Å². The van der Waals surface area contributed by atoms with E-state index in [2.05, 4.69) is 0 Å². The lowest BCUT2D eigenvalue weighted by Crippen LogP contribution is -2.33. The molecule has 3 nitrogen and oxygen atoms in total. The minimum atomic E-state index is -0.759. The number of ether oxygens (including phenoxy) is 2. The Morgan fingerprint density at radius 3 is 2.16 bits per heavy atom. The first kappa shape index (κ1) is 14.1. The maximum absolute atomic E-state index is 14.3. The lowest BCUT2D eigenvalue weighted by molar-refractivity contribution is 0.314. The summed E-state index contributed by atoms with van der Waals surface area (Å²) in [5.74, 6) is -1.29. The molecular weight excluding hydrogens is 252 g/mol. The molecular formula is C14H19F2NO2. The van der Waals surface area contributed by atoms with Crippen LogP contribution in [0.2, 0.25) is 0 Å². The molecule has 0 radical (unpaired) electrons. The van der Waals surface area contributed by atoms with Gasteiger partial charge in [-0.1, -0.05) is 12.8 Å². The zero-order chi connectivity index (χ0) is 14.0. The summed E-state index contributed by atoms with van der Waals surface area (Å²) in [5.41, 5.74) is 5.75. The average molecular weight is 271 g/mol. The molecule has 2 rings (SSSR count). The second kappa shape index (κ2) is 5.33. The molecule has 1 aromatic carbocycles. The van der Waals surface area contributed by atoms with Gasteiger partial charge in [0.1, 0.15) is 5.82 Å². The first-order valence-electron chi connectivity index (χ1n) is 6.40. The summed E-state index contributed by atoms with van der Waals surface area (Å²) < 4.78 is 38.2. The van der Waals surface area contributed by atoms with Crippen LogP contribution in [0.1, 0.15) is 31.2 Å². The van der Waals surface area contributed by atoms with Crippen molar-refractivity contribution in [2.45, 2.75) is 31.1 Å². The molecule has 0 aliphatic heterocycles. The molecule has 1 aliphatic rings. The van der Waals surface area contributed by atoms with Gasteiger partial charge in [-0.25, -0.2) is 8.78 Å². The van der Waals surface area contributed by atoms with Gasteiger partial charge in [-0.3, -0.25) is 0 Å². The van der Waals surface area contributed by atoms with Crippen molar-refractivity contribution in [2.24, 2.45) is 5.73 Å². The van der Waals surface area contributed by atoms with E-state index in [0.717, 1.165) is 31.7 Å². The van der Waals surface area contributed by atoms with E-state index in [9.17, 15) is 8.78 Å². The maximum atomic E-state index is 14.3. The summed E-state index contributed by atoms with van der Waals surface area (Å²) in [5, 5.41) is 0. The van der Waals surface area contributed by atoms with E-state index in [4.69, 9.17) is 15.2 Å². The average Bonchev–Trinajstić information content (AvgIpc) is 2.87. The van der Waals surface area contributed by atoms with Crippen molar-refractivity contribution < 1.29 is 18.3 Å². The lowest BCUT2D eigenvalue weighted by Gasteiger charge is -2.30. The van der Waals surface area contributed by atoms with Crippen molar-refractivity contribution in [2.75, 3.05) is 20.8 Å². The van der Waals surface area contributed by atoms with E-state index in [1.165, 1.54) is 14.2 Å². The van der Waals surface area contributed by atoms with Crippen LogP contribution < -0.4 is 15.2 Å². The van der Waals surface area contributed by atoms with Gasteiger partial charge in [-0.15, -0.1) is 0 Å². The topological polar surface area (TPSA) is 44.5 Å². The SMILES string of the molecule is COc1c(F)cc(F)c(C2(CN)CCCC2)c1OC. The van der Waals surface area contributed by atoms with E-state index in [1.54, 1.807) is 0 Å². The lowest BCUT2D eigenvalue weighted by atomic mass is 9.78. The largest absolute Gasteiger partial charge is 0.492 e. The molecule has 1 aliphatic carbocycles. The molecule has 0 amide bonds. The second-order valence-corrected chi connectivity index (χ2v) is 4.97. The van der Waals surface area contributed by atoms with Gasteiger partial charge in [-0.2, -0.15) is 0 Å². The standard InChI is InChI=1S/C14H19F2NO2/c1-18-12-10(16)7-9(15)11(13(12)19-2)14(8-17)5-3-4-6-14/h7H,3-6,8,17H2,1-2H3. The van der Waals surface area contributed by atoms with Gasteiger partial charge in [0.15, 0.2) is 17.3 Å². The smallest absolute Gasteiger partial charge is 0.197 e. The summed E-state index contributed by atoms with van der Waals surface area (Å²) in [7, 11) is 2.73. The fourth-order valence-corrected chi connectivity index (χ4v) is 3.07. The monoisotopic (exact) mass is 271 g/mol. The van der Waals surface area contributed by atoms with Crippen molar-refractivity contribution in [1.82, 2.24) is 0 Å². The zero-order valence-electron chi connectivity index (χ0n) is 11.3. The Morgan fingerprint density at radius 1 is 1.11 bits per heavy atom. The van der Waals surface area contributed by atoms with Crippen molar-refractivity contribution >= 4 is 0 Å². The number of benzene rings is 1. The summed E-state index contributed by atoms with van der Waals surface area (Å²) in [6, 6.07) is 0.854. The summed E-state index contributed by atoms with van der Waals surface area (Å²) in [4.78, 5) is 0. The third-order valence-corrected chi connectivity index (χ3v) is 4.03.